The number of aliphatic carboxylic acids is 1. The van der Waals surface area contributed by atoms with Gasteiger partial charge < -0.3 is 14.4 Å². The topological polar surface area (TPSA) is 72.6 Å². The van der Waals surface area contributed by atoms with Crippen LogP contribution in [0, 0.1) is 0 Å². The van der Waals surface area contributed by atoms with E-state index in [4.69, 9.17) is 14.4 Å². The van der Waals surface area contributed by atoms with Gasteiger partial charge in [-0.3, -0.25) is 4.79 Å². The molecule has 0 radical (unpaired) electrons. The fraction of sp³-hybridized carbons (Fsp3) is 0.200. The van der Waals surface area contributed by atoms with Crippen LogP contribution < -0.4 is 4.74 Å². The zero-order valence-corrected chi connectivity index (χ0v) is 8.06. The average Bonchev–Trinajstić information content (AvgIpc) is 2.61. The molecule has 0 saturated carbocycles. The first kappa shape index (κ1) is 9.51. The second-order valence-corrected chi connectivity index (χ2v) is 3.04. The standard InChI is InChI=1S/C10H9NO4/c1-14-8-4-2-3-6-7(5-9(12)13)11-15-10(6)8/h2-4H,5H2,1H3,(H,12,13). The first-order chi connectivity index (χ1) is 7.22. The highest BCUT2D eigenvalue weighted by Gasteiger charge is 2.14. The minimum absolute atomic E-state index is 0.153. The molecule has 0 aliphatic carbocycles. The minimum atomic E-state index is -0.937. The van der Waals surface area contributed by atoms with Gasteiger partial charge in [-0.25, -0.2) is 0 Å². The predicted octanol–water partition coefficient (Wildman–Crippen LogP) is 1.46. The van der Waals surface area contributed by atoms with Gasteiger partial charge in [0.15, 0.2) is 5.75 Å². The number of nitrogens with zero attached hydrogens (tertiary/aromatic N) is 1. The number of ether oxygens (including phenoxy) is 1. The van der Waals surface area contributed by atoms with Crippen molar-refractivity contribution in [3.8, 4) is 5.75 Å². The van der Waals surface area contributed by atoms with Crippen LogP contribution in [0.15, 0.2) is 22.7 Å². The van der Waals surface area contributed by atoms with Crippen LogP contribution in [-0.4, -0.2) is 23.3 Å². The van der Waals surface area contributed by atoms with Gasteiger partial charge in [0, 0.05) is 5.39 Å². The van der Waals surface area contributed by atoms with Crippen LogP contribution in [0.2, 0.25) is 0 Å². The molecule has 0 unspecified atom stereocenters. The van der Waals surface area contributed by atoms with Crippen molar-refractivity contribution in [2.24, 2.45) is 0 Å². The van der Waals surface area contributed by atoms with Crippen molar-refractivity contribution in [2.45, 2.75) is 6.42 Å². The number of carboxylic acids is 1. The number of hydrogen-bond donors (Lipinski definition) is 1. The maximum atomic E-state index is 10.6. The quantitative estimate of drug-likeness (QED) is 0.824. The van der Waals surface area contributed by atoms with Gasteiger partial charge in [0.2, 0.25) is 5.58 Å². The summed E-state index contributed by atoms with van der Waals surface area (Å²) in [5.74, 6) is -0.385. The van der Waals surface area contributed by atoms with Crippen LogP contribution >= 0.6 is 0 Å². The number of benzene rings is 1. The molecule has 15 heavy (non-hydrogen) atoms. The monoisotopic (exact) mass is 207 g/mol. The molecule has 2 rings (SSSR count). The molecule has 0 bridgehead atoms. The molecule has 0 fully saturated rings. The van der Waals surface area contributed by atoms with Crippen LogP contribution in [0.3, 0.4) is 0 Å². The second kappa shape index (κ2) is 3.61. The molecule has 1 N–H and O–H groups in total. The van der Waals surface area contributed by atoms with Crippen LogP contribution in [0.5, 0.6) is 5.75 Å². The molecule has 0 spiro atoms. The Hall–Kier alpha value is -2.04. The van der Waals surface area contributed by atoms with Gasteiger partial charge in [0.25, 0.3) is 0 Å². The summed E-state index contributed by atoms with van der Waals surface area (Å²) in [5, 5.41) is 13.0. The van der Waals surface area contributed by atoms with Crippen molar-refractivity contribution in [1.82, 2.24) is 5.16 Å². The molecule has 1 aromatic heterocycles. The second-order valence-electron chi connectivity index (χ2n) is 3.04. The van der Waals surface area contributed by atoms with Crippen molar-refractivity contribution in [3.63, 3.8) is 0 Å². The molecule has 5 heteroatoms. The normalized spacial score (nSPS) is 10.5. The molecule has 0 amide bonds. The lowest BCUT2D eigenvalue weighted by molar-refractivity contribution is -0.136. The van der Waals surface area contributed by atoms with Gasteiger partial charge in [0.05, 0.1) is 13.5 Å². The number of fused-ring (bicyclic) bond motifs is 1. The number of methoxy groups -OCH3 is 1. The van der Waals surface area contributed by atoms with Gasteiger partial charge in [-0.1, -0.05) is 11.2 Å². The van der Waals surface area contributed by atoms with E-state index in [1.807, 2.05) is 0 Å². The van der Waals surface area contributed by atoms with Crippen molar-refractivity contribution in [3.05, 3.63) is 23.9 Å². The van der Waals surface area contributed by atoms with E-state index in [0.717, 1.165) is 0 Å². The highest BCUT2D eigenvalue weighted by atomic mass is 16.5. The molecule has 1 aromatic carbocycles. The highest BCUT2D eigenvalue weighted by molar-refractivity contribution is 5.87. The number of para-hydroxylation sites is 1. The molecule has 0 saturated heterocycles. The maximum Gasteiger partial charge on any atom is 0.309 e. The molecular weight excluding hydrogens is 198 g/mol. The minimum Gasteiger partial charge on any atom is -0.493 e. The van der Waals surface area contributed by atoms with E-state index in [1.54, 1.807) is 18.2 Å². The number of carbonyl (C=O) groups is 1. The molecule has 0 aliphatic heterocycles. The van der Waals surface area contributed by atoms with Crippen LogP contribution in [-0.2, 0) is 11.2 Å². The first-order valence-corrected chi connectivity index (χ1v) is 4.35. The smallest absolute Gasteiger partial charge is 0.309 e. The van der Waals surface area contributed by atoms with Gasteiger partial charge in [0.1, 0.15) is 5.69 Å². The summed E-state index contributed by atoms with van der Waals surface area (Å²) in [5.41, 5.74) is 0.896. The Kier molecular flexibility index (Phi) is 2.29. The van der Waals surface area contributed by atoms with Crippen molar-refractivity contribution >= 4 is 16.9 Å². The molecule has 0 aliphatic rings. The van der Waals surface area contributed by atoms with E-state index in [2.05, 4.69) is 5.16 Å². The fourth-order valence-corrected chi connectivity index (χ4v) is 1.42. The van der Waals surface area contributed by atoms with E-state index in [1.165, 1.54) is 7.11 Å². The van der Waals surface area contributed by atoms with Crippen molar-refractivity contribution < 1.29 is 19.2 Å². The molecular formula is C10H9NO4. The van der Waals surface area contributed by atoms with Crippen LogP contribution in [0.4, 0.5) is 0 Å². The Morgan fingerprint density at radius 1 is 1.60 bits per heavy atom. The van der Waals surface area contributed by atoms with E-state index in [9.17, 15) is 4.79 Å². The van der Waals surface area contributed by atoms with Crippen molar-refractivity contribution in [1.29, 1.82) is 0 Å². The summed E-state index contributed by atoms with van der Waals surface area (Å²) in [4.78, 5) is 10.6. The van der Waals surface area contributed by atoms with E-state index in [0.29, 0.717) is 22.4 Å². The summed E-state index contributed by atoms with van der Waals surface area (Å²) < 4.78 is 10.1. The average molecular weight is 207 g/mol. The Morgan fingerprint density at radius 2 is 2.40 bits per heavy atom. The van der Waals surface area contributed by atoms with E-state index >= 15 is 0 Å². The van der Waals surface area contributed by atoms with E-state index < -0.39 is 5.97 Å². The summed E-state index contributed by atoms with van der Waals surface area (Å²) >= 11 is 0. The third kappa shape index (κ3) is 1.63. The largest absolute Gasteiger partial charge is 0.493 e. The van der Waals surface area contributed by atoms with Crippen LogP contribution in [0.25, 0.3) is 11.0 Å². The Morgan fingerprint density at radius 3 is 3.07 bits per heavy atom. The third-order valence-electron chi connectivity index (χ3n) is 2.08. The van der Waals surface area contributed by atoms with Gasteiger partial charge in [-0.15, -0.1) is 0 Å². The lowest BCUT2D eigenvalue weighted by Crippen LogP contribution is -2.00. The highest BCUT2D eigenvalue weighted by Crippen LogP contribution is 2.27. The molecule has 1 heterocycles. The third-order valence-corrected chi connectivity index (χ3v) is 2.08. The molecule has 2 aromatic rings. The number of aromatic nitrogens is 1. The lowest BCUT2D eigenvalue weighted by atomic mass is 10.1. The number of hydrogen-bond acceptors (Lipinski definition) is 4. The molecule has 78 valence electrons. The van der Waals surface area contributed by atoms with Gasteiger partial charge in [-0.05, 0) is 12.1 Å². The zero-order valence-electron chi connectivity index (χ0n) is 8.06. The Balaban J connectivity index is 2.55. The Labute approximate surface area is 85.2 Å². The maximum absolute atomic E-state index is 10.6. The molecule has 5 nitrogen and oxygen atoms in total. The fourth-order valence-electron chi connectivity index (χ4n) is 1.42. The summed E-state index contributed by atoms with van der Waals surface area (Å²) in [6.07, 6.45) is -0.153. The number of carboxylic acid groups (broad SMARTS) is 1. The van der Waals surface area contributed by atoms with E-state index in [-0.39, 0.29) is 6.42 Å². The number of rotatable bonds is 3. The predicted molar refractivity (Wildman–Crippen MR) is 51.9 cm³/mol. The van der Waals surface area contributed by atoms with Gasteiger partial charge in [-0.2, -0.15) is 0 Å². The summed E-state index contributed by atoms with van der Waals surface area (Å²) in [6, 6.07) is 5.26. The van der Waals surface area contributed by atoms with Crippen molar-refractivity contribution in [2.75, 3.05) is 7.11 Å². The van der Waals surface area contributed by atoms with Crippen LogP contribution in [0.1, 0.15) is 5.69 Å². The van der Waals surface area contributed by atoms with Gasteiger partial charge >= 0.3 is 5.97 Å². The zero-order chi connectivity index (χ0) is 10.8. The molecule has 0 atom stereocenters. The summed E-state index contributed by atoms with van der Waals surface area (Å²) in [7, 11) is 1.52. The lowest BCUT2D eigenvalue weighted by Gasteiger charge is -1.97. The Bertz CT molecular complexity index is 503. The SMILES string of the molecule is COc1cccc2c(CC(=O)O)noc12. The first-order valence-electron chi connectivity index (χ1n) is 4.35. The summed E-state index contributed by atoms with van der Waals surface area (Å²) in [6.45, 7) is 0.